The molecule has 2 saturated heterocycles. The maximum absolute atomic E-state index is 13.3. The monoisotopic (exact) mass is 368 g/mol. The lowest BCUT2D eigenvalue weighted by Gasteiger charge is -2.37. The standard InChI is InChI=1S/C16H18ClFN4O3/c17-12-9-11(1-2-13(12)18)20-5-7-21(8-6-20)15(24)10-22-14(23)3-4-19-16(22)25/h1-2,9H,3-8,10H2,(H,19,25). The molecule has 4 amide bonds. The van der Waals surface area contributed by atoms with Gasteiger partial charge in [-0.2, -0.15) is 0 Å². The van der Waals surface area contributed by atoms with Crippen LogP contribution in [0.2, 0.25) is 5.02 Å². The lowest BCUT2D eigenvalue weighted by molar-refractivity contribution is -0.138. The topological polar surface area (TPSA) is 73.0 Å². The van der Waals surface area contributed by atoms with Crippen LogP contribution >= 0.6 is 11.6 Å². The Morgan fingerprint density at radius 3 is 2.56 bits per heavy atom. The van der Waals surface area contributed by atoms with E-state index in [0.29, 0.717) is 32.7 Å². The molecule has 1 aromatic carbocycles. The smallest absolute Gasteiger partial charge is 0.324 e. The average molecular weight is 369 g/mol. The first-order chi connectivity index (χ1) is 12.0. The lowest BCUT2D eigenvalue weighted by atomic mass is 10.2. The number of benzene rings is 1. The SMILES string of the molecule is O=C(CN1C(=O)CCNC1=O)N1CCN(c2ccc(F)c(Cl)c2)CC1. The van der Waals surface area contributed by atoms with Crippen LogP contribution in [0.4, 0.5) is 14.9 Å². The second-order valence-corrected chi connectivity index (χ2v) is 6.34. The summed E-state index contributed by atoms with van der Waals surface area (Å²) in [6, 6.07) is 4.00. The van der Waals surface area contributed by atoms with Crippen LogP contribution in [0.1, 0.15) is 6.42 Å². The highest BCUT2D eigenvalue weighted by Crippen LogP contribution is 2.23. The number of carbonyl (C=O) groups is 3. The molecule has 0 unspecified atom stereocenters. The molecule has 1 aromatic rings. The number of nitrogens with zero attached hydrogens (tertiary/aromatic N) is 3. The normalized spacial score (nSPS) is 18.4. The van der Waals surface area contributed by atoms with E-state index in [2.05, 4.69) is 5.32 Å². The van der Waals surface area contributed by atoms with Crippen LogP contribution in [0.15, 0.2) is 18.2 Å². The number of hydrogen-bond acceptors (Lipinski definition) is 4. The fourth-order valence-corrected chi connectivity index (χ4v) is 3.09. The molecule has 7 nitrogen and oxygen atoms in total. The van der Waals surface area contributed by atoms with E-state index in [0.717, 1.165) is 10.6 Å². The molecular formula is C16H18ClFN4O3. The summed E-state index contributed by atoms with van der Waals surface area (Å²) >= 11 is 5.81. The number of imide groups is 1. The minimum atomic E-state index is -0.524. The number of urea groups is 1. The van der Waals surface area contributed by atoms with Crippen molar-refractivity contribution in [2.24, 2.45) is 0 Å². The van der Waals surface area contributed by atoms with E-state index in [1.807, 2.05) is 4.90 Å². The molecule has 0 saturated carbocycles. The van der Waals surface area contributed by atoms with Gasteiger partial charge >= 0.3 is 6.03 Å². The summed E-state index contributed by atoms with van der Waals surface area (Å²) in [6.45, 7) is 2.10. The lowest BCUT2D eigenvalue weighted by Crippen LogP contribution is -2.56. The van der Waals surface area contributed by atoms with Crippen molar-refractivity contribution in [3.05, 3.63) is 29.0 Å². The molecule has 9 heteroatoms. The number of hydrogen-bond donors (Lipinski definition) is 1. The fraction of sp³-hybridized carbons (Fsp3) is 0.438. The van der Waals surface area contributed by atoms with Crippen molar-refractivity contribution in [3.8, 4) is 0 Å². The molecular weight excluding hydrogens is 351 g/mol. The predicted octanol–water partition coefficient (Wildman–Crippen LogP) is 1.07. The fourth-order valence-electron chi connectivity index (χ4n) is 2.91. The zero-order valence-electron chi connectivity index (χ0n) is 13.5. The van der Waals surface area contributed by atoms with Gasteiger partial charge in [-0.1, -0.05) is 11.6 Å². The number of nitrogens with one attached hydrogen (secondary N) is 1. The molecule has 0 aliphatic carbocycles. The molecule has 1 N–H and O–H groups in total. The zero-order chi connectivity index (χ0) is 18.0. The molecule has 0 radical (unpaired) electrons. The van der Waals surface area contributed by atoms with Crippen LogP contribution in [0.25, 0.3) is 0 Å². The zero-order valence-corrected chi connectivity index (χ0v) is 14.3. The van der Waals surface area contributed by atoms with Gasteiger partial charge in [-0.25, -0.2) is 9.18 Å². The average Bonchev–Trinajstić information content (AvgIpc) is 2.61. The Hall–Kier alpha value is -2.35. The molecule has 134 valence electrons. The maximum Gasteiger partial charge on any atom is 0.324 e. The number of rotatable bonds is 3. The van der Waals surface area contributed by atoms with Crippen molar-refractivity contribution in [1.82, 2.24) is 15.1 Å². The van der Waals surface area contributed by atoms with Crippen molar-refractivity contribution in [2.45, 2.75) is 6.42 Å². The minimum absolute atomic E-state index is 0.0608. The molecule has 2 aliphatic rings. The summed E-state index contributed by atoms with van der Waals surface area (Å²) in [5.74, 6) is -1.07. The summed E-state index contributed by atoms with van der Waals surface area (Å²) < 4.78 is 13.3. The summed E-state index contributed by atoms with van der Waals surface area (Å²) in [7, 11) is 0. The third-order valence-corrected chi connectivity index (χ3v) is 4.65. The summed E-state index contributed by atoms with van der Waals surface area (Å²) in [4.78, 5) is 40.4. The van der Waals surface area contributed by atoms with Gasteiger partial charge in [0.25, 0.3) is 0 Å². The van der Waals surface area contributed by atoms with Gasteiger partial charge in [-0.05, 0) is 18.2 Å². The van der Waals surface area contributed by atoms with Gasteiger partial charge in [0.15, 0.2) is 0 Å². The summed E-state index contributed by atoms with van der Waals surface area (Å²) in [6.07, 6.45) is 0.206. The van der Waals surface area contributed by atoms with Crippen LogP contribution in [0.3, 0.4) is 0 Å². The predicted molar refractivity (Wildman–Crippen MR) is 89.9 cm³/mol. The van der Waals surface area contributed by atoms with E-state index < -0.39 is 11.8 Å². The molecule has 2 fully saturated rings. The Morgan fingerprint density at radius 2 is 1.92 bits per heavy atom. The minimum Gasteiger partial charge on any atom is -0.368 e. The number of halogens is 2. The molecule has 3 rings (SSSR count). The van der Waals surface area contributed by atoms with Crippen molar-refractivity contribution in [1.29, 1.82) is 0 Å². The Labute approximate surface area is 149 Å². The third-order valence-electron chi connectivity index (χ3n) is 4.36. The first-order valence-electron chi connectivity index (χ1n) is 8.01. The van der Waals surface area contributed by atoms with Gasteiger partial charge in [0.05, 0.1) is 5.02 Å². The maximum atomic E-state index is 13.3. The molecule has 2 heterocycles. The molecule has 25 heavy (non-hydrogen) atoms. The van der Waals surface area contributed by atoms with Crippen LogP contribution in [0.5, 0.6) is 0 Å². The van der Waals surface area contributed by atoms with Crippen molar-refractivity contribution in [3.63, 3.8) is 0 Å². The highest BCUT2D eigenvalue weighted by molar-refractivity contribution is 6.31. The number of piperazine rings is 1. The van der Waals surface area contributed by atoms with E-state index in [9.17, 15) is 18.8 Å². The Bertz CT molecular complexity index is 691. The quantitative estimate of drug-likeness (QED) is 0.866. The number of anilines is 1. The first-order valence-corrected chi connectivity index (χ1v) is 8.39. The van der Waals surface area contributed by atoms with E-state index >= 15 is 0 Å². The van der Waals surface area contributed by atoms with E-state index in [4.69, 9.17) is 11.6 Å². The van der Waals surface area contributed by atoms with E-state index in [1.165, 1.54) is 6.07 Å². The Morgan fingerprint density at radius 1 is 1.20 bits per heavy atom. The van der Waals surface area contributed by atoms with Crippen LogP contribution in [-0.2, 0) is 9.59 Å². The molecule has 0 atom stereocenters. The van der Waals surface area contributed by atoms with Crippen LogP contribution < -0.4 is 10.2 Å². The Kier molecular flexibility index (Phi) is 5.08. The highest BCUT2D eigenvalue weighted by atomic mass is 35.5. The summed E-state index contributed by atoms with van der Waals surface area (Å²) in [5.41, 5.74) is 0.795. The molecule has 0 aromatic heterocycles. The second-order valence-electron chi connectivity index (χ2n) is 5.93. The van der Waals surface area contributed by atoms with Crippen LogP contribution in [0, 0.1) is 5.82 Å². The molecule has 0 bridgehead atoms. The summed E-state index contributed by atoms with van der Waals surface area (Å²) in [5, 5.41) is 2.61. The van der Waals surface area contributed by atoms with Crippen molar-refractivity contribution >= 4 is 35.1 Å². The third kappa shape index (κ3) is 3.84. The Balaban J connectivity index is 1.56. The molecule has 2 aliphatic heterocycles. The van der Waals surface area contributed by atoms with Crippen molar-refractivity contribution in [2.75, 3.05) is 44.2 Å². The van der Waals surface area contributed by atoms with Crippen LogP contribution in [-0.4, -0.2) is 66.9 Å². The highest BCUT2D eigenvalue weighted by Gasteiger charge is 2.30. The molecule has 0 spiro atoms. The van der Waals surface area contributed by atoms with Gasteiger partial charge in [0.2, 0.25) is 11.8 Å². The van der Waals surface area contributed by atoms with Gasteiger partial charge in [0.1, 0.15) is 12.4 Å². The van der Waals surface area contributed by atoms with Gasteiger partial charge < -0.3 is 15.1 Å². The number of amides is 4. The second kappa shape index (κ2) is 7.26. The van der Waals surface area contributed by atoms with Gasteiger partial charge in [0, 0.05) is 44.8 Å². The largest absolute Gasteiger partial charge is 0.368 e. The number of carbonyl (C=O) groups excluding carboxylic acids is 3. The van der Waals surface area contributed by atoms with Crippen molar-refractivity contribution < 1.29 is 18.8 Å². The van der Waals surface area contributed by atoms with E-state index in [1.54, 1.807) is 17.0 Å². The first kappa shape index (κ1) is 17.5. The van der Waals surface area contributed by atoms with E-state index in [-0.39, 0.29) is 29.8 Å². The van der Waals surface area contributed by atoms with Gasteiger partial charge in [-0.3, -0.25) is 14.5 Å². The van der Waals surface area contributed by atoms with Gasteiger partial charge in [-0.15, -0.1) is 0 Å².